The van der Waals surface area contributed by atoms with Gasteiger partial charge in [0.05, 0.1) is 31.2 Å². The minimum absolute atomic E-state index is 0.124. The lowest BCUT2D eigenvalue weighted by Gasteiger charge is -2.10. The molecule has 9 nitrogen and oxygen atoms in total. The number of para-hydroxylation sites is 1. The van der Waals surface area contributed by atoms with Crippen LogP contribution in [0.15, 0.2) is 62.9 Å². The quantitative estimate of drug-likeness (QED) is 0.652. The van der Waals surface area contributed by atoms with Gasteiger partial charge in [-0.1, -0.05) is 12.1 Å². The summed E-state index contributed by atoms with van der Waals surface area (Å²) in [6.45, 7) is -0.124. The number of nitrogens with zero attached hydrogens (tertiary/aromatic N) is 1. The minimum atomic E-state index is -0.789. The Morgan fingerprint density at radius 3 is 2.63 bits per heavy atom. The zero-order chi connectivity index (χ0) is 19.4. The van der Waals surface area contributed by atoms with E-state index in [0.717, 1.165) is 10.8 Å². The summed E-state index contributed by atoms with van der Waals surface area (Å²) >= 11 is 0. The van der Waals surface area contributed by atoms with Gasteiger partial charge in [-0.2, -0.15) is 0 Å². The van der Waals surface area contributed by atoms with Gasteiger partial charge in [0.2, 0.25) is 0 Å². The molecule has 2 heterocycles. The first-order chi connectivity index (χ1) is 13.0. The molecule has 0 aliphatic carbocycles. The third-order valence-electron chi connectivity index (χ3n) is 3.78. The summed E-state index contributed by atoms with van der Waals surface area (Å²) in [6.07, 6.45) is 2.44. The highest BCUT2D eigenvalue weighted by molar-refractivity contribution is 6.07. The molecule has 0 saturated heterocycles. The highest BCUT2D eigenvalue weighted by atomic mass is 16.5. The molecule has 138 valence electrons. The Morgan fingerprint density at radius 1 is 1.15 bits per heavy atom. The number of aromatic amines is 1. The number of anilines is 1. The third kappa shape index (κ3) is 3.71. The highest BCUT2D eigenvalue weighted by Crippen LogP contribution is 2.16. The fourth-order valence-corrected chi connectivity index (χ4v) is 2.45. The molecule has 0 aliphatic heterocycles. The summed E-state index contributed by atoms with van der Waals surface area (Å²) < 4.78 is 10.6. The van der Waals surface area contributed by atoms with E-state index in [4.69, 9.17) is 4.42 Å². The number of carbonyl (C=O) groups excluding carboxylic acids is 2. The number of nitrogens with one attached hydrogen (secondary N) is 2. The Morgan fingerprint density at radius 2 is 1.93 bits per heavy atom. The summed E-state index contributed by atoms with van der Waals surface area (Å²) in [5.74, 6) is -1.03. The van der Waals surface area contributed by atoms with Crippen LogP contribution in [0.3, 0.4) is 0 Å². The van der Waals surface area contributed by atoms with E-state index >= 15 is 0 Å². The van der Waals surface area contributed by atoms with Gasteiger partial charge in [0.1, 0.15) is 11.3 Å². The van der Waals surface area contributed by atoms with Crippen molar-refractivity contribution in [1.82, 2.24) is 9.55 Å². The monoisotopic (exact) mass is 369 g/mol. The number of benzene rings is 1. The summed E-state index contributed by atoms with van der Waals surface area (Å²) in [4.78, 5) is 51.2. The average molecular weight is 369 g/mol. The molecule has 0 atom stereocenters. The summed E-state index contributed by atoms with van der Waals surface area (Å²) in [7, 11) is 1.22. The molecular weight excluding hydrogens is 354 g/mol. The van der Waals surface area contributed by atoms with Crippen LogP contribution in [0.2, 0.25) is 0 Å². The molecule has 0 bridgehead atoms. The summed E-state index contributed by atoms with van der Waals surface area (Å²) in [5.41, 5.74) is -1.45. The number of hydrogen-bond acceptors (Lipinski definition) is 6. The van der Waals surface area contributed by atoms with Crippen molar-refractivity contribution in [3.8, 4) is 0 Å². The molecule has 0 fully saturated rings. The van der Waals surface area contributed by atoms with Crippen LogP contribution in [0.25, 0.3) is 0 Å². The van der Waals surface area contributed by atoms with Crippen molar-refractivity contribution >= 4 is 17.6 Å². The molecule has 3 aromatic rings. The average Bonchev–Trinajstić information content (AvgIpc) is 3.18. The van der Waals surface area contributed by atoms with E-state index in [1.165, 1.54) is 25.5 Å². The van der Waals surface area contributed by atoms with Crippen LogP contribution >= 0.6 is 0 Å². The molecule has 0 radical (unpaired) electrons. The standard InChI is InChI=1S/C18H15N3O6/c1-26-17(24)12-6-2-3-7-14(12)20-15(22)13-9-19-18(25)21(16(13)23)10-11-5-4-8-27-11/h2-9H,10H2,1H3,(H,19,25)(H,20,22). The second-order valence-corrected chi connectivity index (χ2v) is 5.47. The predicted octanol–water partition coefficient (Wildman–Crippen LogP) is 1.22. The number of ether oxygens (including phenoxy) is 1. The number of furan rings is 1. The minimum Gasteiger partial charge on any atom is -0.467 e. The van der Waals surface area contributed by atoms with Crippen LogP contribution in [-0.2, 0) is 11.3 Å². The molecule has 27 heavy (non-hydrogen) atoms. The molecule has 3 rings (SSSR count). The van der Waals surface area contributed by atoms with Crippen LogP contribution in [0.4, 0.5) is 5.69 Å². The lowest BCUT2D eigenvalue weighted by molar-refractivity contribution is 0.0602. The van der Waals surface area contributed by atoms with E-state index in [-0.39, 0.29) is 23.4 Å². The lowest BCUT2D eigenvalue weighted by atomic mass is 10.1. The van der Waals surface area contributed by atoms with Crippen molar-refractivity contribution in [1.29, 1.82) is 0 Å². The van der Waals surface area contributed by atoms with Crippen molar-refractivity contribution in [2.45, 2.75) is 6.54 Å². The van der Waals surface area contributed by atoms with Crippen molar-refractivity contribution < 1.29 is 18.7 Å². The topological polar surface area (TPSA) is 123 Å². The Bertz CT molecular complexity index is 1090. The molecule has 2 N–H and O–H groups in total. The van der Waals surface area contributed by atoms with Gasteiger partial charge in [0.15, 0.2) is 0 Å². The van der Waals surface area contributed by atoms with Crippen molar-refractivity contribution in [3.63, 3.8) is 0 Å². The Balaban J connectivity index is 1.94. The van der Waals surface area contributed by atoms with Gasteiger partial charge in [-0.15, -0.1) is 0 Å². The molecule has 1 amide bonds. The number of rotatable bonds is 5. The van der Waals surface area contributed by atoms with Gasteiger partial charge in [-0.05, 0) is 24.3 Å². The number of esters is 1. The van der Waals surface area contributed by atoms with Crippen molar-refractivity contribution in [3.05, 3.63) is 86.6 Å². The molecule has 1 aromatic carbocycles. The van der Waals surface area contributed by atoms with E-state index in [1.54, 1.807) is 24.3 Å². The van der Waals surface area contributed by atoms with Crippen LogP contribution in [0, 0.1) is 0 Å². The van der Waals surface area contributed by atoms with Gasteiger partial charge < -0.3 is 19.5 Å². The van der Waals surface area contributed by atoms with E-state index in [2.05, 4.69) is 15.0 Å². The van der Waals surface area contributed by atoms with Gasteiger partial charge in [-0.25, -0.2) is 9.59 Å². The van der Waals surface area contributed by atoms with E-state index in [1.807, 2.05) is 0 Å². The first kappa shape index (κ1) is 17.9. The zero-order valence-corrected chi connectivity index (χ0v) is 14.2. The van der Waals surface area contributed by atoms with Crippen molar-refractivity contribution in [2.75, 3.05) is 12.4 Å². The van der Waals surface area contributed by atoms with Gasteiger partial charge >= 0.3 is 11.7 Å². The molecular formula is C18H15N3O6. The number of methoxy groups -OCH3 is 1. The number of aromatic nitrogens is 2. The Labute approximate surface area is 152 Å². The summed E-state index contributed by atoms with van der Waals surface area (Å²) in [6, 6.07) is 9.42. The molecule has 0 unspecified atom stereocenters. The molecule has 0 aliphatic rings. The fraction of sp³-hybridized carbons (Fsp3) is 0.111. The largest absolute Gasteiger partial charge is 0.467 e. The van der Waals surface area contributed by atoms with Crippen molar-refractivity contribution in [2.24, 2.45) is 0 Å². The number of hydrogen-bond donors (Lipinski definition) is 2. The summed E-state index contributed by atoms with van der Waals surface area (Å²) in [5, 5.41) is 2.49. The smallest absolute Gasteiger partial charge is 0.339 e. The van der Waals surface area contributed by atoms with Gasteiger partial charge in [-0.3, -0.25) is 14.2 Å². The molecule has 9 heteroatoms. The van der Waals surface area contributed by atoms with Crippen LogP contribution in [-0.4, -0.2) is 28.5 Å². The lowest BCUT2D eigenvalue weighted by Crippen LogP contribution is -2.39. The van der Waals surface area contributed by atoms with E-state index in [9.17, 15) is 19.2 Å². The first-order valence-corrected chi connectivity index (χ1v) is 7.85. The normalized spacial score (nSPS) is 10.4. The highest BCUT2D eigenvalue weighted by Gasteiger charge is 2.18. The number of carbonyl (C=O) groups is 2. The maximum absolute atomic E-state index is 12.6. The fourth-order valence-electron chi connectivity index (χ4n) is 2.45. The number of H-pyrrole nitrogens is 1. The maximum atomic E-state index is 12.6. The second kappa shape index (κ2) is 7.56. The zero-order valence-electron chi connectivity index (χ0n) is 14.2. The second-order valence-electron chi connectivity index (χ2n) is 5.47. The van der Waals surface area contributed by atoms with Gasteiger partial charge in [0, 0.05) is 6.20 Å². The SMILES string of the molecule is COC(=O)c1ccccc1NC(=O)c1c[nH]c(=O)n(Cc2ccco2)c1=O. The predicted molar refractivity (Wildman–Crippen MR) is 94.9 cm³/mol. The molecule has 2 aromatic heterocycles. The first-order valence-electron chi connectivity index (χ1n) is 7.85. The van der Waals surface area contributed by atoms with Gasteiger partial charge in [0.25, 0.3) is 11.5 Å². The Hall–Kier alpha value is -3.88. The Kier molecular flexibility index (Phi) is 5.02. The molecule has 0 saturated carbocycles. The third-order valence-corrected chi connectivity index (χ3v) is 3.78. The molecule has 0 spiro atoms. The van der Waals surface area contributed by atoms with Crippen LogP contribution in [0.1, 0.15) is 26.5 Å². The van der Waals surface area contributed by atoms with E-state index < -0.39 is 23.1 Å². The van der Waals surface area contributed by atoms with Crippen LogP contribution < -0.4 is 16.6 Å². The number of amides is 1. The van der Waals surface area contributed by atoms with Crippen LogP contribution in [0.5, 0.6) is 0 Å². The maximum Gasteiger partial charge on any atom is 0.339 e. The van der Waals surface area contributed by atoms with E-state index in [0.29, 0.717) is 5.76 Å².